The Balaban J connectivity index is 1.54. The number of hydrogen-bond donors (Lipinski definition) is 1. The van der Waals surface area contributed by atoms with Gasteiger partial charge in [0.2, 0.25) is 0 Å². The summed E-state index contributed by atoms with van der Waals surface area (Å²) in [7, 11) is 0. The molecule has 0 saturated heterocycles. The molecule has 0 unspecified atom stereocenters. The van der Waals surface area contributed by atoms with E-state index in [-0.39, 0.29) is 17.8 Å². The first-order valence-electron chi connectivity index (χ1n) is 9.85. The molecule has 0 saturated carbocycles. The molecule has 4 aromatic rings. The Labute approximate surface area is 182 Å². The van der Waals surface area contributed by atoms with Gasteiger partial charge in [0.25, 0.3) is 5.91 Å². The molecule has 32 heavy (non-hydrogen) atoms. The SMILES string of the molecule is Cc1cc(C)n(-c2ccc(CNC(=O)c3ccn(-c4ccccc4)n3)c(C(F)(F)F)c2)n1. The fourth-order valence-electron chi connectivity index (χ4n) is 3.44. The second-order valence-corrected chi connectivity index (χ2v) is 7.34. The number of amides is 1. The highest BCUT2D eigenvalue weighted by atomic mass is 19.4. The van der Waals surface area contributed by atoms with Gasteiger partial charge in [-0.3, -0.25) is 4.79 Å². The summed E-state index contributed by atoms with van der Waals surface area (Å²) in [4.78, 5) is 12.5. The molecular formula is C23H20F3N5O. The van der Waals surface area contributed by atoms with Crippen LogP contribution in [0.25, 0.3) is 11.4 Å². The molecular weight excluding hydrogens is 419 g/mol. The summed E-state index contributed by atoms with van der Waals surface area (Å²) in [6.45, 7) is 3.26. The van der Waals surface area contributed by atoms with Crippen LogP contribution in [0.4, 0.5) is 13.2 Å². The summed E-state index contributed by atoms with van der Waals surface area (Å²) in [6, 6.07) is 16.5. The summed E-state index contributed by atoms with van der Waals surface area (Å²) < 4.78 is 44.2. The molecule has 1 N–H and O–H groups in total. The van der Waals surface area contributed by atoms with Gasteiger partial charge >= 0.3 is 6.18 Å². The summed E-state index contributed by atoms with van der Waals surface area (Å²) in [6.07, 6.45) is -2.96. The van der Waals surface area contributed by atoms with Gasteiger partial charge in [-0.2, -0.15) is 23.4 Å². The second-order valence-electron chi connectivity index (χ2n) is 7.34. The number of carbonyl (C=O) groups excluding carboxylic acids is 1. The lowest BCUT2D eigenvalue weighted by molar-refractivity contribution is -0.138. The topological polar surface area (TPSA) is 64.7 Å². The molecule has 0 fully saturated rings. The van der Waals surface area contributed by atoms with Gasteiger partial charge in [-0.05, 0) is 55.8 Å². The predicted molar refractivity (Wildman–Crippen MR) is 113 cm³/mol. The van der Waals surface area contributed by atoms with E-state index < -0.39 is 17.6 Å². The van der Waals surface area contributed by atoms with Gasteiger partial charge in [0.15, 0.2) is 5.69 Å². The first-order chi connectivity index (χ1) is 15.2. The second kappa shape index (κ2) is 8.33. The van der Waals surface area contributed by atoms with E-state index >= 15 is 0 Å². The number of hydrogen-bond acceptors (Lipinski definition) is 3. The first-order valence-corrected chi connectivity index (χ1v) is 9.85. The average molecular weight is 439 g/mol. The molecule has 9 heteroatoms. The zero-order valence-corrected chi connectivity index (χ0v) is 17.4. The minimum absolute atomic E-state index is 0.0429. The average Bonchev–Trinajstić information content (AvgIpc) is 3.38. The largest absolute Gasteiger partial charge is 0.416 e. The van der Waals surface area contributed by atoms with Crippen LogP contribution in [-0.4, -0.2) is 25.5 Å². The number of nitrogens with zero attached hydrogens (tertiary/aromatic N) is 4. The third-order valence-corrected chi connectivity index (χ3v) is 4.93. The van der Waals surface area contributed by atoms with Crippen molar-refractivity contribution in [3.8, 4) is 11.4 Å². The summed E-state index contributed by atoms with van der Waals surface area (Å²) in [5.41, 5.74) is 1.76. The highest BCUT2D eigenvalue weighted by Gasteiger charge is 2.34. The molecule has 164 valence electrons. The Morgan fingerprint density at radius 3 is 2.38 bits per heavy atom. The van der Waals surface area contributed by atoms with Crippen molar-refractivity contribution in [1.29, 1.82) is 0 Å². The number of benzene rings is 2. The Morgan fingerprint density at radius 1 is 0.969 bits per heavy atom. The van der Waals surface area contributed by atoms with Crippen LogP contribution in [0.2, 0.25) is 0 Å². The number of carbonyl (C=O) groups is 1. The normalized spacial score (nSPS) is 11.5. The van der Waals surface area contributed by atoms with Crippen molar-refractivity contribution < 1.29 is 18.0 Å². The molecule has 6 nitrogen and oxygen atoms in total. The van der Waals surface area contributed by atoms with E-state index in [1.54, 1.807) is 32.2 Å². The fraction of sp³-hybridized carbons (Fsp3) is 0.174. The van der Waals surface area contributed by atoms with Crippen molar-refractivity contribution in [2.45, 2.75) is 26.6 Å². The van der Waals surface area contributed by atoms with Gasteiger partial charge in [-0.1, -0.05) is 24.3 Å². The third-order valence-electron chi connectivity index (χ3n) is 4.93. The Bertz CT molecular complexity index is 1260. The number of nitrogens with one attached hydrogen (secondary N) is 1. The molecule has 0 spiro atoms. The summed E-state index contributed by atoms with van der Waals surface area (Å²) in [5.74, 6) is -0.560. The molecule has 0 radical (unpaired) electrons. The van der Waals surface area contributed by atoms with Crippen molar-refractivity contribution in [2.75, 3.05) is 0 Å². The highest BCUT2D eigenvalue weighted by molar-refractivity contribution is 5.92. The maximum Gasteiger partial charge on any atom is 0.416 e. The van der Waals surface area contributed by atoms with E-state index in [1.165, 1.54) is 21.5 Å². The van der Waals surface area contributed by atoms with E-state index in [1.807, 2.05) is 30.3 Å². The molecule has 2 aromatic heterocycles. The van der Waals surface area contributed by atoms with Crippen LogP contribution in [0.1, 0.15) is 33.0 Å². The van der Waals surface area contributed by atoms with Gasteiger partial charge in [0, 0.05) is 18.4 Å². The van der Waals surface area contributed by atoms with Crippen molar-refractivity contribution in [3.63, 3.8) is 0 Å². The van der Waals surface area contributed by atoms with Crippen LogP contribution >= 0.6 is 0 Å². The maximum absolute atomic E-state index is 13.7. The lowest BCUT2D eigenvalue weighted by Gasteiger charge is -2.15. The van der Waals surface area contributed by atoms with Crippen molar-refractivity contribution in [2.24, 2.45) is 0 Å². The molecule has 0 aliphatic heterocycles. The number of aromatic nitrogens is 4. The van der Waals surface area contributed by atoms with Crippen molar-refractivity contribution in [3.05, 3.63) is 95.1 Å². The summed E-state index contributed by atoms with van der Waals surface area (Å²) >= 11 is 0. The fourth-order valence-corrected chi connectivity index (χ4v) is 3.44. The van der Waals surface area contributed by atoms with Gasteiger partial charge in [0.05, 0.1) is 22.6 Å². The van der Waals surface area contributed by atoms with Crippen LogP contribution in [0.15, 0.2) is 66.9 Å². The lowest BCUT2D eigenvalue weighted by Crippen LogP contribution is -2.25. The standard InChI is InChI=1S/C23H20F3N5O/c1-15-12-16(2)31(28-15)19-9-8-17(20(13-19)23(24,25)26)14-27-22(32)21-10-11-30(29-21)18-6-4-3-5-7-18/h3-13H,14H2,1-2H3,(H,27,32). The van der Waals surface area contributed by atoms with Crippen molar-refractivity contribution >= 4 is 5.91 Å². The lowest BCUT2D eigenvalue weighted by atomic mass is 10.1. The van der Waals surface area contributed by atoms with E-state index in [0.717, 1.165) is 17.4 Å². The van der Waals surface area contributed by atoms with Gasteiger partial charge in [-0.15, -0.1) is 0 Å². The summed E-state index contributed by atoms with van der Waals surface area (Å²) in [5, 5.41) is 11.0. The van der Waals surface area contributed by atoms with Crippen molar-refractivity contribution in [1.82, 2.24) is 24.9 Å². The van der Waals surface area contributed by atoms with Crippen LogP contribution < -0.4 is 5.32 Å². The van der Waals surface area contributed by atoms with Gasteiger partial charge in [0.1, 0.15) is 0 Å². The molecule has 1 amide bonds. The van der Waals surface area contributed by atoms with E-state index in [4.69, 9.17) is 0 Å². The zero-order chi connectivity index (χ0) is 22.9. The van der Waals surface area contributed by atoms with Crippen LogP contribution in [0, 0.1) is 13.8 Å². The minimum Gasteiger partial charge on any atom is -0.347 e. The van der Waals surface area contributed by atoms with Gasteiger partial charge in [-0.25, -0.2) is 9.36 Å². The smallest absolute Gasteiger partial charge is 0.347 e. The molecule has 2 heterocycles. The van der Waals surface area contributed by atoms with Crippen LogP contribution in [-0.2, 0) is 12.7 Å². The zero-order valence-electron chi connectivity index (χ0n) is 17.4. The molecule has 0 aliphatic carbocycles. The van der Waals surface area contributed by atoms with E-state index in [9.17, 15) is 18.0 Å². The van der Waals surface area contributed by atoms with E-state index in [0.29, 0.717) is 11.4 Å². The number of halogens is 3. The molecule has 0 bridgehead atoms. The Hall–Kier alpha value is -3.88. The quantitative estimate of drug-likeness (QED) is 0.493. The van der Waals surface area contributed by atoms with Crippen LogP contribution in [0.5, 0.6) is 0 Å². The maximum atomic E-state index is 13.7. The number of rotatable bonds is 5. The molecule has 0 atom stereocenters. The Morgan fingerprint density at radius 2 is 1.72 bits per heavy atom. The monoisotopic (exact) mass is 439 g/mol. The predicted octanol–water partition coefficient (Wildman–Crippen LogP) is 4.62. The number of alkyl halides is 3. The Kier molecular flexibility index (Phi) is 5.56. The molecule has 4 rings (SSSR count). The molecule has 2 aromatic carbocycles. The number of para-hydroxylation sites is 1. The number of aryl methyl sites for hydroxylation is 2. The van der Waals surface area contributed by atoms with E-state index in [2.05, 4.69) is 15.5 Å². The van der Waals surface area contributed by atoms with Gasteiger partial charge < -0.3 is 5.32 Å². The highest BCUT2D eigenvalue weighted by Crippen LogP contribution is 2.33. The third kappa shape index (κ3) is 4.41. The van der Waals surface area contributed by atoms with Crippen LogP contribution in [0.3, 0.4) is 0 Å². The first kappa shape index (κ1) is 21.4. The minimum atomic E-state index is -4.58. The molecule has 0 aliphatic rings.